The van der Waals surface area contributed by atoms with Crippen LogP contribution in [-0.2, 0) is 41.5 Å². The smallest absolute Gasteiger partial charge is 0.230 e. The van der Waals surface area contributed by atoms with Crippen LogP contribution >= 0.6 is 45.3 Å². The number of methoxy groups -OCH3 is 2. The van der Waals surface area contributed by atoms with Crippen LogP contribution in [-0.4, -0.2) is 104 Å². The van der Waals surface area contributed by atoms with Crippen molar-refractivity contribution in [2.45, 2.75) is 139 Å². The Morgan fingerprint density at radius 2 is 0.842 bits per heavy atom. The predicted octanol–water partition coefficient (Wildman–Crippen LogP) is 9.34. The molecule has 2 saturated carbocycles. The quantitative estimate of drug-likeness (QED) is 0.0625. The molecule has 4 N–H and O–H groups in total. The first-order chi connectivity index (χ1) is 36.9. The number of carbonyl (C=O) groups excluding carboxylic acids is 4. The summed E-state index contributed by atoms with van der Waals surface area (Å²) in [4.78, 5) is 49.6. The van der Waals surface area contributed by atoms with Gasteiger partial charge in [-0.1, -0.05) is 70.3 Å². The van der Waals surface area contributed by atoms with E-state index in [0.717, 1.165) is 110 Å². The molecule has 0 spiro atoms. The second-order valence-corrected chi connectivity index (χ2v) is 23.1. The van der Waals surface area contributed by atoms with E-state index in [0.29, 0.717) is 44.5 Å². The summed E-state index contributed by atoms with van der Waals surface area (Å²) in [6, 6.07) is 8.61. The van der Waals surface area contributed by atoms with Gasteiger partial charge >= 0.3 is 0 Å². The lowest BCUT2D eigenvalue weighted by molar-refractivity contribution is -0.119. The molecule has 4 aromatic heterocycles. The van der Waals surface area contributed by atoms with Gasteiger partial charge in [0.05, 0.1) is 52.1 Å². The lowest BCUT2D eigenvalue weighted by atomic mass is 9.82. The van der Waals surface area contributed by atoms with Crippen molar-refractivity contribution in [3.63, 3.8) is 0 Å². The number of halogens is 2. The minimum absolute atomic E-state index is 0.0177. The molecule has 4 aliphatic rings. The number of nitrogens with zero attached hydrogens (tertiary/aromatic N) is 8. The summed E-state index contributed by atoms with van der Waals surface area (Å²) in [7, 11) is 2.75. The fourth-order valence-electron chi connectivity index (χ4n) is 9.77. The molecule has 10 rings (SSSR count). The van der Waals surface area contributed by atoms with Crippen LogP contribution in [0.5, 0.6) is 11.5 Å². The molecule has 0 radical (unpaired) electrons. The lowest BCUT2D eigenvalue weighted by Gasteiger charge is -2.25. The lowest BCUT2D eigenvalue weighted by Crippen LogP contribution is -2.19. The number of carbonyl (C=O) groups is 4. The number of rotatable bonds is 18. The van der Waals surface area contributed by atoms with E-state index in [-0.39, 0.29) is 83.8 Å². The molecule has 76 heavy (non-hydrogen) atoms. The molecule has 6 aromatic rings. The van der Waals surface area contributed by atoms with Crippen LogP contribution in [0.1, 0.15) is 145 Å². The van der Waals surface area contributed by atoms with Crippen molar-refractivity contribution in [2.75, 3.05) is 48.7 Å². The Hall–Kier alpha value is -6.06. The van der Waals surface area contributed by atoms with Gasteiger partial charge in [0.1, 0.15) is 20.0 Å². The van der Waals surface area contributed by atoms with E-state index in [9.17, 15) is 28.0 Å². The predicted molar refractivity (Wildman–Crippen MR) is 283 cm³/mol. The largest absolute Gasteiger partial charge is 0.494 e. The third-order valence-corrected chi connectivity index (χ3v) is 17.5. The summed E-state index contributed by atoms with van der Waals surface area (Å²) in [5.41, 5.74) is 1.24. The van der Waals surface area contributed by atoms with Crippen LogP contribution in [0.2, 0.25) is 0 Å². The number of benzene rings is 2. The van der Waals surface area contributed by atoms with Crippen LogP contribution in [0, 0.1) is 11.6 Å². The van der Waals surface area contributed by atoms with Crippen molar-refractivity contribution in [1.82, 2.24) is 40.8 Å². The number of nitrogens with one attached hydrogen (secondary N) is 4. The second kappa shape index (κ2) is 26.3. The van der Waals surface area contributed by atoms with E-state index >= 15 is 0 Å². The number of anilines is 4. The molecular formula is C50H58F2N12O8S4. The molecular weight excluding hydrogens is 1060 g/mol. The number of hydrogen-bond acceptors (Lipinski definition) is 20. The van der Waals surface area contributed by atoms with Gasteiger partial charge < -0.3 is 40.2 Å². The average Bonchev–Trinajstić information content (AvgIpc) is 4.29. The molecule has 2 aliphatic heterocycles. The normalized spacial score (nSPS) is 21.3. The van der Waals surface area contributed by atoms with Crippen molar-refractivity contribution >= 4 is 89.5 Å². The summed E-state index contributed by atoms with van der Waals surface area (Å²) >= 11 is 5.60. The molecule has 0 bridgehead atoms. The monoisotopic (exact) mass is 1120 g/mol. The first kappa shape index (κ1) is 54.7. The maximum absolute atomic E-state index is 13.6. The van der Waals surface area contributed by atoms with Crippen LogP contribution < -0.4 is 30.7 Å². The van der Waals surface area contributed by atoms with Gasteiger partial charge in [-0.2, -0.15) is 0 Å². The van der Waals surface area contributed by atoms with E-state index < -0.39 is 11.6 Å². The zero-order valence-electron chi connectivity index (χ0n) is 41.9. The summed E-state index contributed by atoms with van der Waals surface area (Å²) in [6.07, 6.45) is 12.5. The summed E-state index contributed by atoms with van der Waals surface area (Å²) in [6.45, 7) is 1.48. The molecule has 2 aliphatic carbocycles. The zero-order valence-corrected chi connectivity index (χ0v) is 45.2. The van der Waals surface area contributed by atoms with E-state index in [2.05, 4.69) is 62.1 Å². The van der Waals surface area contributed by atoms with E-state index in [1.54, 1.807) is 12.1 Å². The molecule has 4 amide bonds. The summed E-state index contributed by atoms with van der Waals surface area (Å²) in [5, 5.41) is 50.9. The van der Waals surface area contributed by atoms with Crippen molar-refractivity contribution in [3.05, 3.63) is 79.2 Å². The fourth-order valence-corrected chi connectivity index (χ4v) is 13.4. The van der Waals surface area contributed by atoms with Gasteiger partial charge in [-0.15, -0.1) is 40.8 Å². The van der Waals surface area contributed by atoms with Gasteiger partial charge in [0.2, 0.25) is 44.2 Å². The highest BCUT2D eigenvalue weighted by Gasteiger charge is 2.32. The molecule has 2 aromatic carbocycles. The third-order valence-electron chi connectivity index (χ3n) is 13.5. The third kappa shape index (κ3) is 15.1. The number of amides is 4. The number of ether oxygens (including phenoxy) is 4. The molecule has 404 valence electrons. The maximum Gasteiger partial charge on any atom is 0.230 e. The zero-order chi connectivity index (χ0) is 53.0. The Morgan fingerprint density at radius 3 is 1.16 bits per heavy atom. The van der Waals surface area contributed by atoms with E-state index in [1.165, 1.54) is 83.8 Å². The van der Waals surface area contributed by atoms with Crippen LogP contribution in [0.3, 0.4) is 0 Å². The van der Waals surface area contributed by atoms with Crippen LogP contribution in [0.25, 0.3) is 0 Å². The standard InChI is InChI=1S/C28H28F2N6O4S2.C22H30N6O4S2/c1-39-21-10-15(6-8-19(21)29)12-23(37)31-27-35-33-25(41-27)17-4-3-5-18(14-17)26-34-36-28(42-26)32-24(38)13-16-7-9-20(30)22(11-16)40-2;29-17(11-15-6-2-8-31-15)23-21-27-25-19(33-21)13-4-1-5-14(10-13)20-26-28-22(34-20)24-18(30)12-16-7-3-9-32-16/h6-11,17-18H,3-5,12-14H2,1-2H3,(H,31,35,37)(H,32,36,38);13-16H,1-12H2,(H,23,27,29)(H,24,28,30)/t17-,18-;13-,14-,15?,16?/m00/s1. The van der Waals surface area contributed by atoms with Crippen molar-refractivity contribution in [3.8, 4) is 11.5 Å². The van der Waals surface area contributed by atoms with Crippen LogP contribution in [0.15, 0.2) is 36.4 Å². The Morgan fingerprint density at radius 1 is 0.500 bits per heavy atom. The maximum atomic E-state index is 13.6. The molecule has 20 nitrogen and oxygen atoms in total. The van der Waals surface area contributed by atoms with Gasteiger partial charge in [-0.3, -0.25) is 19.2 Å². The molecule has 2 unspecified atom stereocenters. The van der Waals surface area contributed by atoms with Crippen LogP contribution in [0.4, 0.5) is 29.3 Å². The van der Waals surface area contributed by atoms with E-state index in [1.807, 2.05) is 0 Å². The highest BCUT2D eigenvalue weighted by molar-refractivity contribution is 7.16. The molecule has 4 fully saturated rings. The molecule has 26 heteroatoms. The first-order valence-corrected chi connectivity index (χ1v) is 28.6. The number of hydrogen-bond donors (Lipinski definition) is 4. The Labute approximate surface area is 452 Å². The van der Waals surface area contributed by atoms with Gasteiger partial charge in [-0.25, -0.2) is 8.78 Å². The van der Waals surface area contributed by atoms with Crippen molar-refractivity contribution in [1.29, 1.82) is 0 Å². The van der Waals surface area contributed by atoms with Gasteiger partial charge in [0.25, 0.3) is 0 Å². The van der Waals surface area contributed by atoms with E-state index in [4.69, 9.17) is 18.9 Å². The highest BCUT2D eigenvalue weighted by atomic mass is 32.1. The summed E-state index contributed by atoms with van der Waals surface area (Å²) < 4.78 is 48.3. The minimum Gasteiger partial charge on any atom is -0.494 e. The Kier molecular flexibility index (Phi) is 19.0. The highest BCUT2D eigenvalue weighted by Crippen LogP contribution is 2.45. The second-order valence-electron chi connectivity index (χ2n) is 19.1. The van der Waals surface area contributed by atoms with Crippen molar-refractivity contribution in [2.24, 2.45) is 0 Å². The molecule has 2 saturated heterocycles. The van der Waals surface area contributed by atoms with Gasteiger partial charge in [0.15, 0.2) is 23.1 Å². The SMILES string of the molecule is COc1cc(CC(=O)Nc2nnc([C@H]3CCC[C@H](c4nnc(NC(=O)Cc5ccc(F)c(OC)c5)s4)C3)s2)ccc1F.O=C(CC1CCCO1)Nc1nnc([C@H]2CCC[C@H](c3nnc(NC(=O)CC4CCCO4)s3)C2)s1. The van der Waals surface area contributed by atoms with Crippen molar-refractivity contribution < 1.29 is 46.9 Å². The number of aromatic nitrogens is 8. The average molecular weight is 1120 g/mol. The first-order valence-electron chi connectivity index (χ1n) is 25.3. The summed E-state index contributed by atoms with van der Waals surface area (Å²) in [5.74, 6) is -0.640. The Balaban J connectivity index is 0.000000190. The topological polar surface area (TPSA) is 256 Å². The molecule has 6 heterocycles. The minimum atomic E-state index is -0.487. The fraction of sp³-hybridized carbons (Fsp3) is 0.520. The molecule has 6 atom stereocenters. The Bertz CT molecular complexity index is 2750. The van der Waals surface area contributed by atoms with Gasteiger partial charge in [-0.05, 0) is 99.6 Å². The van der Waals surface area contributed by atoms with Gasteiger partial charge in [0, 0.05) is 36.9 Å².